The van der Waals surface area contributed by atoms with Crippen LogP contribution in [0.1, 0.15) is 0 Å². The third-order valence-corrected chi connectivity index (χ3v) is 2.09. The second-order valence-corrected chi connectivity index (χ2v) is 3.24. The zero-order chi connectivity index (χ0) is 11.4. The zero-order valence-electron chi connectivity index (χ0n) is 9.01. The maximum atomic E-state index is 5.73. The van der Waals surface area contributed by atoms with Crippen LogP contribution >= 0.6 is 0 Å². The second kappa shape index (κ2) is 4.76. The van der Waals surface area contributed by atoms with Gasteiger partial charge in [0.2, 0.25) is 0 Å². The van der Waals surface area contributed by atoms with Crippen molar-refractivity contribution in [1.29, 1.82) is 0 Å². The summed E-state index contributed by atoms with van der Waals surface area (Å²) in [4.78, 5) is 8.49. The van der Waals surface area contributed by atoms with Gasteiger partial charge in [-0.2, -0.15) is 0 Å². The summed E-state index contributed by atoms with van der Waals surface area (Å²) in [5.41, 5.74) is 7.26. The Kier molecular flexibility index (Phi) is 3.16. The minimum Gasteiger partial charge on any atom is -0.473 e. The number of nitrogens with zero attached hydrogens (tertiary/aromatic N) is 2. The number of hydrogen-bond donors (Lipinski definition) is 1. The third-order valence-electron chi connectivity index (χ3n) is 2.09. The van der Waals surface area contributed by atoms with Gasteiger partial charge in [0.25, 0.3) is 5.88 Å². The van der Waals surface area contributed by atoms with E-state index >= 15 is 0 Å². The van der Waals surface area contributed by atoms with Gasteiger partial charge in [-0.3, -0.25) is 0 Å². The van der Waals surface area contributed by atoms with Gasteiger partial charge < -0.3 is 15.2 Å². The topological polar surface area (TPSA) is 70.3 Å². The maximum absolute atomic E-state index is 5.73. The van der Waals surface area contributed by atoms with E-state index < -0.39 is 0 Å². The molecule has 0 fully saturated rings. The fraction of sp³-hybridized carbons (Fsp3) is 0.273. The van der Waals surface area contributed by atoms with Crippen LogP contribution in [-0.2, 0) is 4.74 Å². The number of fused-ring (bicyclic) bond motifs is 1. The smallest absolute Gasteiger partial charge is 0.257 e. The van der Waals surface area contributed by atoms with Crippen LogP contribution < -0.4 is 10.5 Å². The molecule has 0 spiro atoms. The van der Waals surface area contributed by atoms with E-state index in [9.17, 15) is 0 Å². The summed E-state index contributed by atoms with van der Waals surface area (Å²) in [7, 11) is 1.61. The molecule has 0 saturated carbocycles. The maximum Gasteiger partial charge on any atom is 0.257 e. The van der Waals surface area contributed by atoms with Crippen LogP contribution in [0.3, 0.4) is 0 Å². The minimum absolute atomic E-state index is 0.301. The van der Waals surface area contributed by atoms with Crippen LogP contribution in [0.5, 0.6) is 5.88 Å². The lowest BCUT2D eigenvalue weighted by Crippen LogP contribution is -2.08. The fourth-order valence-corrected chi connectivity index (χ4v) is 1.33. The number of nitrogen functional groups attached to an aromatic ring is 1. The molecule has 5 heteroatoms. The highest BCUT2D eigenvalue weighted by molar-refractivity contribution is 5.76. The summed E-state index contributed by atoms with van der Waals surface area (Å²) in [5, 5.41) is 0. The molecule has 2 N–H and O–H groups in total. The minimum atomic E-state index is 0.301. The molecule has 2 aromatic rings. The average Bonchev–Trinajstić information content (AvgIpc) is 2.30. The number of hydrogen-bond acceptors (Lipinski definition) is 5. The molecule has 84 valence electrons. The van der Waals surface area contributed by atoms with Crippen molar-refractivity contribution < 1.29 is 9.47 Å². The molecule has 1 aromatic heterocycles. The Labute approximate surface area is 93.2 Å². The van der Waals surface area contributed by atoms with Gasteiger partial charge in [-0.1, -0.05) is 12.1 Å². The lowest BCUT2D eigenvalue weighted by molar-refractivity contribution is 0.144. The van der Waals surface area contributed by atoms with Gasteiger partial charge in [0.15, 0.2) is 5.82 Å². The molecule has 0 radical (unpaired) electrons. The number of benzene rings is 1. The van der Waals surface area contributed by atoms with Gasteiger partial charge >= 0.3 is 0 Å². The van der Waals surface area contributed by atoms with Crippen molar-refractivity contribution in [3.05, 3.63) is 24.3 Å². The van der Waals surface area contributed by atoms with Crippen molar-refractivity contribution in [1.82, 2.24) is 9.97 Å². The van der Waals surface area contributed by atoms with E-state index in [0.29, 0.717) is 24.9 Å². The normalized spacial score (nSPS) is 10.6. The van der Waals surface area contributed by atoms with Gasteiger partial charge in [0.05, 0.1) is 17.6 Å². The summed E-state index contributed by atoms with van der Waals surface area (Å²) in [5.74, 6) is 0.658. The molecule has 0 bridgehead atoms. The highest BCUT2D eigenvalue weighted by Gasteiger charge is 2.06. The number of para-hydroxylation sites is 2. The Morgan fingerprint density at radius 2 is 1.81 bits per heavy atom. The van der Waals surface area contributed by atoms with Crippen LogP contribution in [0.25, 0.3) is 11.0 Å². The van der Waals surface area contributed by atoms with Crippen LogP contribution in [-0.4, -0.2) is 30.3 Å². The largest absolute Gasteiger partial charge is 0.473 e. The van der Waals surface area contributed by atoms with E-state index in [4.69, 9.17) is 15.2 Å². The van der Waals surface area contributed by atoms with Crippen molar-refractivity contribution in [2.45, 2.75) is 0 Å². The lowest BCUT2D eigenvalue weighted by Gasteiger charge is -2.07. The molecular weight excluding hydrogens is 206 g/mol. The van der Waals surface area contributed by atoms with Crippen LogP contribution in [0.4, 0.5) is 5.82 Å². The predicted molar refractivity (Wildman–Crippen MR) is 61.3 cm³/mol. The van der Waals surface area contributed by atoms with E-state index in [1.165, 1.54) is 0 Å². The Hall–Kier alpha value is -1.88. The number of rotatable bonds is 4. The van der Waals surface area contributed by atoms with Gasteiger partial charge in [-0.05, 0) is 12.1 Å². The fourth-order valence-electron chi connectivity index (χ4n) is 1.33. The Balaban J connectivity index is 2.27. The van der Waals surface area contributed by atoms with Gasteiger partial charge in [0, 0.05) is 7.11 Å². The number of methoxy groups -OCH3 is 1. The van der Waals surface area contributed by atoms with Crippen molar-refractivity contribution >= 4 is 16.9 Å². The molecule has 1 aromatic carbocycles. The predicted octanol–water partition coefficient (Wildman–Crippen LogP) is 1.24. The summed E-state index contributed by atoms with van der Waals surface area (Å²) in [6.07, 6.45) is 0. The quantitative estimate of drug-likeness (QED) is 0.783. The summed E-state index contributed by atoms with van der Waals surface area (Å²) >= 11 is 0. The standard InChI is InChI=1S/C11H13N3O2/c1-15-6-7-16-11-10(12)13-8-4-2-3-5-9(8)14-11/h2-5H,6-7H2,1H3,(H2,12,13). The van der Waals surface area contributed by atoms with Crippen molar-refractivity contribution in [2.24, 2.45) is 0 Å². The van der Waals surface area contributed by atoms with E-state index in [0.717, 1.165) is 11.0 Å². The van der Waals surface area contributed by atoms with E-state index in [1.807, 2.05) is 24.3 Å². The summed E-state index contributed by atoms with van der Waals surface area (Å²) in [6.45, 7) is 0.904. The van der Waals surface area contributed by atoms with Gasteiger partial charge in [-0.25, -0.2) is 9.97 Å². The molecule has 0 unspecified atom stereocenters. The summed E-state index contributed by atoms with van der Waals surface area (Å²) in [6, 6.07) is 7.51. The third kappa shape index (κ3) is 2.20. The molecule has 16 heavy (non-hydrogen) atoms. The second-order valence-electron chi connectivity index (χ2n) is 3.24. The lowest BCUT2D eigenvalue weighted by atomic mass is 10.3. The zero-order valence-corrected chi connectivity index (χ0v) is 9.01. The van der Waals surface area contributed by atoms with E-state index in [1.54, 1.807) is 7.11 Å². The molecule has 0 aliphatic heterocycles. The van der Waals surface area contributed by atoms with Crippen LogP contribution in [0.15, 0.2) is 24.3 Å². The molecule has 5 nitrogen and oxygen atoms in total. The number of ether oxygens (including phenoxy) is 2. The number of anilines is 1. The molecule has 2 rings (SSSR count). The van der Waals surface area contributed by atoms with E-state index in [2.05, 4.69) is 9.97 Å². The Morgan fingerprint density at radius 3 is 2.50 bits per heavy atom. The van der Waals surface area contributed by atoms with Gasteiger partial charge in [-0.15, -0.1) is 0 Å². The first kappa shape index (κ1) is 10.6. The Morgan fingerprint density at radius 1 is 1.12 bits per heavy atom. The summed E-state index contributed by atoms with van der Waals surface area (Å²) < 4.78 is 10.2. The average molecular weight is 219 g/mol. The number of nitrogens with two attached hydrogens (primary N) is 1. The molecule has 0 saturated heterocycles. The molecule has 1 heterocycles. The molecule has 0 atom stereocenters. The highest BCUT2D eigenvalue weighted by atomic mass is 16.5. The molecule has 0 aliphatic rings. The SMILES string of the molecule is COCCOc1nc2ccccc2nc1N. The van der Waals surface area contributed by atoms with E-state index in [-0.39, 0.29) is 0 Å². The van der Waals surface area contributed by atoms with Crippen LogP contribution in [0.2, 0.25) is 0 Å². The molecular formula is C11H13N3O2. The van der Waals surface area contributed by atoms with Crippen molar-refractivity contribution in [3.63, 3.8) is 0 Å². The van der Waals surface area contributed by atoms with Crippen molar-refractivity contribution in [2.75, 3.05) is 26.1 Å². The monoisotopic (exact) mass is 219 g/mol. The Bertz CT molecular complexity index is 488. The highest BCUT2D eigenvalue weighted by Crippen LogP contribution is 2.20. The molecule has 0 aliphatic carbocycles. The molecule has 0 amide bonds. The first-order valence-electron chi connectivity index (χ1n) is 4.95. The van der Waals surface area contributed by atoms with Gasteiger partial charge in [0.1, 0.15) is 6.61 Å². The van der Waals surface area contributed by atoms with Crippen LogP contribution in [0, 0.1) is 0 Å². The number of aromatic nitrogens is 2. The van der Waals surface area contributed by atoms with Crippen molar-refractivity contribution in [3.8, 4) is 5.88 Å². The first-order valence-corrected chi connectivity index (χ1v) is 4.95. The first-order chi connectivity index (χ1) is 7.81.